The molecule has 0 atom stereocenters. The van der Waals surface area contributed by atoms with Gasteiger partial charge in [0, 0.05) is 30.3 Å². The van der Waals surface area contributed by atoms with E-state index >= 15 is 0 Å². The summed E-state index contributed by atoms with van der Waals surface area (Å²) in [6, 6.07) is 7.20. The number of halogens is 3. The second kappa shape index (κ2) is 11.3. The third-order valence-electron chi connectivity index (χ3n) is 7.31. The van der Waals surface area contributed by atoms with Gasteiger partial charge < -0.3 is 9.84 Å². The van der Waals surface area contributed by atoms with Crippen molar-refractivity contribution in [2.24, 2.45) is 5.41 Å². The van der Waals surface area contributed by atoms with Gasteiger partial charge in [-0.2, -0.15) is 0 Å². The van der Waals surface area contributed by atoms with Gasteiger partial charge in [-0.1, -0.05) is 11.8 Å². The molecule has 1 fully saturated rings. The topological polar surface area (TPSA) is 45.6 Å². The molecule has 3 aromatic rings. The van der Waals surface area contributed by atoms with Crippen LogP contribution in [0.15, 0.2) is 36.5 Å². The zero-order valence-electron chi connectivity index (χ0n) is 20.7. The number of fused-ring (bicyclic) bond motifs is 1. The molecule has 4 nitrogen and oxygen atoms in total. The number of rotatable bonds is 7. The van der Waals surface area contributed by atoms with Crippen LogP contribution in [0.2, 0.25) is 0 Å². The van der Waals surface area contributed by atoms with Gasteiger partial charge in [0.15, 0.2) is 0 Å². The van der Waals surface area contributed by atoms with Crippen LogP contribution in [0.4, 0.5) is 13.2 Å². The highest BCUT2D eigenvalue weighted by atomic mass is 19.1. The lowest BCUT2D eigenvalue weighted by Gasteiger charge is -2.40. The molecular formula is C29H31F3N2O2. The fourth-order valence-corrected chi connectivity index (χ4v) is 5.00. The average molecular weight is 497 g/mol. The monoisotopic (exact) mass is 496 g/mol. The normalized spacial score (nSPS) is 15.5. The number of aliphatic hydroxyl groups excluding tert-OH is 1. The molecule has 4 rings (SSSR count). The molecule has 1 aromatic heterocycles. The van der Waals surface area contributed by atoms with Crippen LogP contribution in [0.25, 0.3) is 10.9 Å². The number of likely N-dealkylation sites (tertiary alicyclic amines) is 1. The van der Waals surface area contributed by atoms with Crippen LogP contribution in [0.1, 0.15) is 42.4 Å². The van der Waals surface area contributed by atoms with Gasteiger partial charge in [-0.15, -0.1) is 0 Å². The molecule has 190 valence electrons. The Hall–Kier alpha value is -3.08. The van der Waals surface area contributed by atoms with Crippen molar-refractivity contribution in [3.63, 3.8) is 0 Å². The average Bonchev–Trinajstić information content (AvgIpc) is 2.87. The molecule has 1 saturated heterocycles. The van der Waals surface area contributed by atoms with Gasteiger partial charge >= 0.3 is 0 Å². The maximum Gasteiger partial charge on any atom is 0.144 e. The Morgan fingerprint density at radius 3 is 2.50 bits per heavy atom. The van der Waals surface area contributed by atoms with Crippen molar-refractivity contribution in [3.05, 3.63) is 70.7 Å². The van der Waals surface area contributed by atoms with E-state index < -0.39 is 23.0 Å². The Morgan fingerprint density at radius 2 is 1.83 bits per heavy atom. The van der Waals surface area contributed by atoms with Crippen LogP contribution < -0.4 is 4.74 Å². The highest BCUT2D eigenvalue weighted by molar-refractivity contribution is 5.84. The van der Waals surface area contributed by atoms with Gasteiger partial charge in [0.25, 0.3) is 0 Å². The summed E-state index contributed by atoms with van der Waals surface area (Å²) in [6.45, 7) is 4.06. The smallest absolute Gasteiger partial charge is 0.144 e. The second-order valence-electron chi connectivity index (χ2n) is 9.64. The van der Waals surface area contributed by atoms with Gasteiger partial charge in [0.05, 0.1) is 24.7 Å². The van der Waals surface area contributed by atoms with Crippen molar-refractivity contribution in [2.75, 3.05) is 33.4 Å². The molecule has 0 unspecified atom stereocenters. The molecule has 0 bridgehead atoms. The third-order valence-corrected chi connectivity index (χ3v) is 7.31. The van der Waals surface area contributed by atoms with Crippen molar-refractivity contribution < 1.29 is 23.0 Å². The fourth-order valence-electron chi connectivity index (χ4n) is 5.00. The molecule has 0 saturated carbocycles. The van der Waals surface area contributed by atoms with E-state index in [1.807, 2.05) is 24.4 Å². The molecule has 0 aliphatic carbocycles. The number of ether oxygens (including phenoxy) is 1. The van der Waals surface area contributed by atoms with Crippen molar-refractivity contribution in [1.29, 1.82) is 0 Å². The van der Waals surface area contributed by atoms with E-state index in [0.717, 1.165) is 67.4 Å². The number of benzene rings is 2. The Labute approximate surface area is 210 Å². The largest absolute Gasteiger partial charge is 0.497 e. The van der Waals surface area contributed by atoms with Crippen molar-refractivity contribution in [1.82, 2.24) is 9.88 Å². The van der Waals surface area contributed by atoms with Gasteiger partial charge in [-0.05, 0) is 86.9 Å². The first-order chi connectivity index (χ1) is 17.3. The first kappa shape index (κ1) is 26.0. The quantitative estimate of drug-likeness (QED) is 0.444. The lowest BCUT2D eigenvalue weighted by Crippen LogP contribution is -2.42. The molecule has 0 amide bonds. The van der Waals surface area contributed by atoms with E-state index in [0.29, 0.717) is 18.7 Å². The van der Waals surface area contributed by atoms with E-state index in [1.54, 1.807) is 7.11 Å². The van der Waals surface area contributed by atoms with Crippen LogP contribution in [-0.2, 0) is 6.42 Å². The molecular weight excluding hydrogens is 465 g/mol. The molecule has 1 aliphatic rings. The highest BCUT2D eigenvalue weighted by Crippen LogP contribution is 2.37. The first-order valence-corrected chi connectivity index (χ1v) is 12.2. The van der Waals surface area contributed by atoms with Crippen LogP contribution in [0.3, 0.4) is 0 Å². The van der Waals surface area contributed by atoms with Crippen LogP contribution in [0, 0.1) is 41.6 Å². The number of hydrogen-bond donors (Lipinski definition) is 1. The number of pyridine rings is 1. The molecule has 2 aromatic carbocycles. The number of aliphatic hydroxyl groups is 1. The summed E-state index contributed by atoms with van der Waals surface area (Å²) in [5.41, 5.74) is 2.81. The van der Waals surface area contributed by atoms with Gasteiger partial charge in [0.1, 0.15) is 23.2 Å². The SMILES string of the molecule is COc1ccc2ncc(C)c(CCCC3(CO)CCN(CC#Cc4c(F)cc(F)cc4F)CC3)c2c1. The molecule has 1 N–H and O–H groups in total. The minimum absolute atomic E-state index is 0.127. The molecule has 7 heteroatoms. The minimum atomic E-state index is -0.992. The predicted octanol–water partition coefficient (Wildman–Crippen LogP) is 5.42. The second-order valence-corrected chi connectivity index (χ2v) is 9.64. The molecule has 36 heavy (non-hydrogen) atoms. The number of piperidine rings is 1. The lowest BCUT2D eigenvalue weighted by atomic mass is 9.75. The standard InChI is InChI=1S/C29H31F3N2O2/c1-20-18-33-28-8-7-22(36-2)17-25(28)23(20)5-3-9-29(19-35)10-13-34(14-11-29)12-4-6-24-26(31)15-21(30)16-27(24)32/h7-8,15-18,35H,3,5,9-14,19H2,1-2H3. The summed E-state index contributed by atoms with van der Waals surface area (Å²) in [5, 5.41) is 11.3. The van der Waals surface area contributed by atoms with E-state index in [9.17, 15) is 18.3 Å². The van der Waals surface area contributed by atoms with Gasteiger partial charge in [-0.25, -0.2) is 13.2 Å². The number of aromatic nitrogens is 1. The number of methoxy groups -OCH3 is 1. The fraction of sp³-hybridized carbons (Fsp3) is 0.414. The van der Waals surface area contributed by atoms with E-state index in [4.69, 9.17) is 4.74 Å². The summed E-state index contributed by atoms with van der Waals surface area (Å²) >= 11 is 0. The number of aryl methyl sites for hydroxylation is 2. The summed E-state index contributed by atoms with van der Waals surface area (Å²) in [5.74, 6) is 3.17. The van der Waals surface area contributed by atoms with Crippen molar-refractivity contribution in [3.8, 4) is 17.6 Å². The van der Waals surface area contributed by atoms with Crippen molar-refractivity contribution >= 4 is 10.9 Å². The molecule has 0 radical (unpaired) electrons. The lowest BCUT2D eigenvalue weighted by molar-refractivity contribution is 0.0401. The number of nitrogens with zero attached hydrogens (tertiary/aromatic N) is 2. The molecule has 1 aliphatic heterocycles. The summed E-state index contributed by atoms with van der Waals surface area (Å²) in [7, 11) is 1.66. The van der Waals surface area contributed by atoms with Crippen molar-refractivity contribution in [2.45, 2.75) is 39.0 Å². The Balaban J connectivity index is 1.35. The van der Waals surface area contributed by atoms with Crippen LogP contribution in [-0.4, -0.2) is 48.3 Å². The Kier molecular flexibility index (Phi) is 8.17. The Morgan fingerprint density at radius 1 is 1.11 bits per heavy atom. The zero-order valence-corrected chi connectivity index (χ0v) is 20.7. The first-order valence-electron chi connectivity index (χ1n) is 12.2. The van der Waals surface area contributed by atoms with E-state index in [2.05, 4.69) is 28.6 Å². The zero-order chi connectivity index (χ0) is 25.7. The van der Waals surface area contributed by atoms with Gasteiger partial charge in [-0.3, -0.25) is 9.88 Å². The summed E-state index contributed by atoms with van der Waals surface area (Å²) < 4.78 is 46.0. The maximum atomic E-state index is 13.8. The minimum Gasteiger partial charge on any atom is -0.497 e. The van der Waals surface area contributed by atoms with E-state index in [1.165, 1.54) is 5.56 Å². The highest BCUT2D eigenvalue weighted by Gasteiger charge is 2.33. The van der Waals surface area contributed by atoms with Crippen LogP contribution >= 0.6 is 0 Å². The van der Waals surface area contributed by atoms with Crippen LogP contribution in [0.5, 0.6) is 5.75 Å². The molecule has 0 spiro atoms. The molecule has 2 heterocycles. The third kappa shape index (κ3) is 5.83. The summed E-state index contributed by atoms with van der Waals surface area (Å²) in [6.07, 6.45) is 6.31. The predicted molar refractivity (Wildman–Crippen MR) is 134 cm³/mol. The summed E-state index contributed by atoms with van der Waals surface area (Å²) in [4.78, 5) is 6.66. The number of hydrogen-bond acceptors (Lipinski definition) is 4. The van der Waals surface area contributed by atoms with Gasteiger partial charge in [0.2, 0.25) is 0 Å². The van der Waals surface area contributed by atoms with E-state index in [-0.39, 0.29) is 12.0 Å². The Bertz CT molecular complexity index is 1270. The maximum absolute atomic E-state index is 13.8.